The molecule has 0 aromatic carbocycles. The van der Waals surface area contributed by atoms with Crippen LogP contribution in [0.4, 0.5) is 4.79 Å². The maximum absolute atomic E-state index is 11.6. The Balaban J connectivity index is 2.33. The van der Waals surface area contributed by atoms with Gasteiger partial charge < -0.3 is 5.11 Å². The second-order valence-electron chi connectivity index (χ2n) is 3.69. The summed E-state index contributed by atoms with van der Waals surface area (Å²) in [6.07, 6.45) is 2.35. The number of nitrogens with one attached hydrogen (secondary N) is 2. The zero-order chi connectivity index (χ0) is 11.3. The molecule has 2 amide bonds. The predicted octanol–water partition coefficient (Wildman–Crippen LogP) is 1.33. The number of hydrogen-bond acceptors (Lipinski definition) is 2. The smallest absolute Gasteiger partial charge is 0.423 e. The van der Waals surface area contributed by atoms with Crippen molar-refractivity contribution in [1.29, 1.82) is 0 Å². The quantitative estimate of drug-likeness (QED) is 0.496. The number of carbonyl (C=O) groups excluding carboxylic acids is 1. The van der Waals surface area contributed by atoms with Crippen LogP contribution in [0.3, 0.4) is 0 Å². The van der Waals surface area contributed by atoms with Gasteiger partial charge in [0.05, 0.1) is 0 Å². The Labute approximate surface area is 93.1 Å². The van der Waals surface area contributed by atoms with Crippen molar-refractivity contribution in [3.05, 3.63) is 0 Å². The number of hydrogen-bond donors (Lipinski definition) is 3. The molecule has 1 aliphatic carbocycles. The molecule has 0 bridgehead atoms. The second-order valence-corrected chi connectivity index (χ2v) is 4.07. The number of hydrazine groups is 1. The van der Waals surface area contributed by atoms with Gasteiger partial charge in [-0.2, -0.15) is 0 Å². The van der Waals surface area contributed by atoms with Crippen LogP contribution in [0.2, 0.25) is 0 Å². The molecule has 1 aliphatic rings. The first-order chi connectivity index (χ1) is 7.15. The van der Waals surface area contributed by atoms with Crippen molar-refractivity contribution in [3.63, 3.8) is 0 Å². The molecule has 1 saturated carbocycles. The Bertz CT molecular complexity index is 244. The molecule has 5 nitrogen and oxygen atoms in total. The average molecular weight is 235 g/mol. The third kappa shape index (κ3) is 4.38. The first-order valence-electron chi connectivity index (χ1n) is 5.00. The van der Waals surface area contributed by atoms with E-state index in [1.165, 1.54) is 0 Å². The van der Waals surface area contributed by atoms with E-state index in [-0.39, 0.29) is 11.8 Å². The summed E-state index contributed by atoms with van der Waals surface area (Å²) in [6.45, 7) is 0. The van der Waals surface area contributed by atoms with Crippen LogP contribution in [-0.4, -0.2) is 23.0 Å². The largest absolute Gasteiger partial charge is 0.464 e. The lowest BCUT2D eigenvalue weighted by Crippen LogP contribution is -2.44. The first-order valence-corrected chi connectivity index (χ1v) is 5.53. The van der Waals surface area contributed by atoms with E-state index >= 15 is 0 Å². The standard InChI is InChI=1S/C9H15ClN2O3/c10-5-1-2-7(6-3-4-6)8(13)11-12-9(14)15/h6-7,12H,1-5H2,(H,11,13)(H,14,15). The van der Waals surface area contributed by atoms with Gasteiger partial charge in [-0.3, -0.25) is 10.2 Å². The van der Waals surface area contributed by atoms with Crippen LogP contribution in [0.25, 0.3) is 0 Å². The van der Waals surface area contributed by atoms with E-state index in [9.17, 15) is 9.59 Å². The Morgan fingerprint density at radius 1 is 1.40 bits per heavy atom. The molecule has 0 radical (unpaired) electrons. The fraction of sp³-hybridized carbons (Fsp3) is 0.778. The maximum atomic E-state index is 11.6. The summed E-state index contributed by atoms with van der Waals surface area (Å²) in [5, 5.41) is 8.33. The normalized spacial score (nSPS) is 16.9. The Morgan fingerprint density at radius 3 is 2.53 bits per heavy atom. The van der Waals surface area contributed by atoms with Gasteiger partial charge in [0.15, 0.2) is 0 Å². The highest BCUT2D eigenvalue weighted by atomic mass is 35.5. The lowest BCUT2D eigenvalue weighted by molar-refractivity contribution is -0.126. The molecule has 0 saturated heterocycles. The molecule has 0 aromatic heterocycles. The van der Waals surface area contributed by atoms with Gasteiger partial charge in [0.25, 0.3) is 0 Å². The summed E-state index contributed by atoms with van der Waals surface area (Å²) in [6, 6.07) is 0. The molecule has 3 N–H and O–H groups in total. The Hall–Kier alpha value is -0.970. The summed E-state index contributed by atoms with van der Waals surface area (Å²) in [5.41, 5.74) is 4.05. The van der Waals surface area contributed by atoms with Crippen molar-refractivity contribution in [1.82, 2.24) is 10.9 Å². The van der Waals surface area contributed by atoms with E-state index in [1.54, 1.807) is 0 Å². The molecular weight excluding hydrogens is 220 g/mol. The lowest BCUT2D eigenvalue weighted by Gasteiger charge is -2.14. The first kappa shape index (κ1) is 12.1. The Kier molecular flexibility index (Phi) is 4.68. The fourth-order valence-electron chi connectivity index (χ4n) is 1.58. The number of alkyl halides is 1. The van der Waals surface area contributed by atoms with Crippen LogP contribution in [0, 0.1) is 11.8 Å². The zero-order valence-electron chi connectivity index (χ0n) is 8.33. The highest BCUT2D eigenvalue weighted by Crippen LogP contribution is 2.39. The van der Waals surface area contributed by atoms with Crippen LogP contribution < -0.4 is 10.9 Å². The third-order valence-corrected chi connectivity index (χ3v) is 2.74. The van der Waals surface area contributed by atoms with E-state index < -0.39 is 6.09 Å². The van der Waals surface area contributed by atoms with Crippen molar-refractivity contribution in [3.8, 4) is 0 Å². The molecule has 86 valence electrons. The summed E-state index contributed by atoms with van der Waals surface area (Å²) >= 11 is 5.56. The fourth-order valence-corrected chi connectivity index (χ4v) is 1.74. The zero-order valence-corrected chi connectivity index (χ0v) is 9.09. The lowest BCUT2D eigenvalue weighted by atomic mass is 9.97. The maximum Gasteiger partial charge on any atom is 0.423 e. The molecule has 0 aliphatic heterocycles. The van der Waals surface area contributed by atoms with Gasteiger partial charge in [-0.15, -0.1) is 11.6 Å². The minimum atomic E-state index is -1.25. The molecule has 1 unspecified atom stereocenters. The van der Waals surface area contributed by atoms with E-state index in [0.717, 1.165) is 25.7 Å². The van der Waals surface area contributed by atoms with Crippen LogP contribution in [-0.2, 0) is 4.79 Å². The molecular formula is C9H15ClN2O3. The minimum absolute atomic E-state index is 0.101. The molecule has 0 heterocycles. The SMILES string of the molecule is O=C(O)NNC(=O)C(CCCCl)C1CC1. The van der Waals surface area contributed by atoms with Gasteiger partial charge in [0, 0.05) is 11.8 Å². The Morgan fingerprint density at radius 2 is 2.07 bits per heavy atom. The number of carbonyl (C=O) groups is 2. The monoisotopic (exact) mass is 234 g/mol. The third-order valence-electron chi connectivity index (χ3n) is 2.47. The molecule has 1 fully saturated rings. The van der Waals surface area contributed by atoms with Gasteiger partial charge in [0.2, 0.25) is 5.91 Å². The molecule has 1 atom stereocenters. The highest BCUT2D eigenvalue weighted by molar-refractivity contribution is 6.17. The summed E-state index contributed by atoms with van der Waals surface area (Å²) in [4.78, 5) is 21.7. The van der Waals surface area contributed by atoms with Crippen LogP contribution in [0.15, 0.2) is 0 Å². The number of halogens is 1. The summed E-state index contributed by atoms with van der Waals surface area (Å²) in [5.74, 6) is 0.590. The van der Waals surface area contributed by atoms with Crippen molar-refractivity contribution >= 4 is 23.6 Å². The summed E-state index contributed by atoms with van der Waals surface area (Å²) < 4.78 is 0. The van der Waals surface area contributed by atoms with E-state index in [2.05, 4.69) is 5.43 Å². The molecule has 0 aromatic rings. The molecule has 15 heavy (non-hydrogen) atoms. The van der Waals surface area contributed by atoms with Crippen molar-refractivity contribution in [2.24, 2.45) is 11.8 Å². The van der Waals surface area contributed by atoms with Gasteiger partial charge in [-0.25, -0.2) is 10.2 Å². The van der Waals surface area contributed by atoms with Crippen molar-refractivity contribution < 1.29 is 14.7 Å². The molecule has 0 spiro atoms. The van der Waals surface area contributed by atoms with Crippen molar-refractivity contribution in [2.45, 2.75) is 25.7 Å². The minimum Gasteiger partial charge on any atom is -0.464 e. The summed E-state index contributed by atoms with van der Waals surface area (Å²) in [7, 11) is 0. The van der Waals surface area contributed by atoms with E-state index in [1.807, 2.05) is 5.43 Å². The highest BCUT2D eigenvalue weighted by Gasteiger charge is 2.35. The van der Waals surface area contributed by atoms with Gasteiger partial charge in [-0.1, -0.05) is 0 Å². The van der Waals surface area contributed by atoms with Crippen molar-refractivity contribution in [2.75, 3.05) is 5.88 Å². The average Bonchev–Trinajstić information content (AvgIpc) is 2.99. The molecule has 6 heteroatoms. The van der Waals surface area contributed by atoms with Gasteiger partial charge in [-0.05, 0) is 31.6 Å². The van der Waals surface area contributed by atoms with Crippen LogP contribution in [0.1, 0.15) is 25.7 Å². The van der Waals surface area contributed by atoms with Crippen LogP contribution >= 0.6 is 11.6 Å². The van der Waals surface area contributed by atoms with E-state index in [4.69, 9.17) is 16.7 Å². The number of amides is 2. The van der Waals surface area contributed by atoms with Gasteiger partial charge in [0.1, 0.15) is 0 Å². The van der Waals surface area contributed by atoms with E-state index in [0.29, 0.717) is 11.8 Å². The molecule has 1 rings (SSSR count). The van der Waals surface area contributed by atoms with Gasteiger partial charge >= 0.3 is 6.09 Å². The topological polar surface area (TPSA) is 78.4 Å². The second kappa shape index (κ2) is 5.80. The van der Waals surface area contributed by atoms with Crippen LogP contribution in [0.5, 0.6) is 0 Å². The number of rotatable bonds is 5. The predicted molar refractivity (Wildman–Crippen MR) is 55.5 cm³/mol. The number of carboxylic acid groups (broad SMARTS) is 1.